The molecule has 9 nitrogen and oxygen atoms in total. The second kappa shape index (κ2) is 7.11. The summed E-state index contributed by atoms with van der Waals surface area (Å²) < 4.78 is 1.69. The molecule has 0 bridgehead atoms. The van der Waals surface area contributed by atoms with Gasteiger partial charge in [-0.2, -0.15) is 5.10 Å². The highest BCUT2D eigenvalue weighted by Gasteiger charge is 2.44. The lowest BCUT2D eigenvalue weighted by atomic mass is 9.85. The van der Waals surface area contributed by atoms with Crippen LogP contribution in [0.5, 0.6) is 0 Å². The molecule has 1 aliphatic heterocycles. The standard InChI is InChI=1S/C17H23N7O2/c1-22(2)16(26)17(21-13-5-10-20-23(13)3)6-11-24(12-7-17)15(25)14-18-8-4-9-19-14/h4-5,8-10,21H,6-7,11-12H2,1-3H3. The fourth-order valence-electron chi connectivity index (χ4n) is 3.20. The Labute approximate surface area is 152 Å². The molecule has 2 aromatic heterocycles. The Hall–Kier alpha value is -2.97. The van der Waals surface area contributed by atoms with Gasteiger partial charge in [0.2, 0.25) is 11.7 Å². The van der Waals surface area contributed by atoms with E-state index in [0.29, 0.717) is 25.9 Å². The van der Waals surface area contributed by atoms with E-state index >= 15 is 0 Å². The second-order valence-electron chi connectivity index (χ2n) is 6.61. The minimum atomic E-state index is -0.772. The predicted octanol–water partition coefficient (Wildman–Crippen LogP) is 0.385. The number of aromatic nitrogens is 4. The zero-order valence-corrected chi connectivity index (χ0v) is 15.2. The summed E-state index contributed by atoms with van der Waals surface area (Å²) in [6.07, 6.45) is 5.77. The number of carbonyl (C=O) groups is 2. The number of hydrogen-bond acceptors (Lipinski definition) is 6. The summed E-state index contributed by atoms with van der Waals surface area (Å²) in [5.41, 5.74) is -0.772. The van der Waals surface area contributed by atoms with Crippen LogP contribution in [0.4, 0.5) is 5.82 Å². The molecule has 0 atom stereocenters. The highest BCUT2D eigenvalue weighted by molar-refractivity contribution is 5.92. The van der Waals surface area contributed by atoms with Crippen LogP contribution in [0.1, 0.15) is 23.5 Å². The van der Waals surface area contributed by atoms with Crippen molar-refractivity contribution in [2.75, 3.05) is 32.5 Å². The van der Waals surface area contributed by atoms with Gasteiger partial charge < -0.3 is 15.1 Å². The van der Waals surface area contributed by atoms with E-state index in [-0.39, 0.29) is 17.6 Å². The quantitative estimate of drug-likeness (QED) is 0.850. The van der Waals surface area contributed by atoms with Crippen LogP contribution in [0.2, 0.25) is 0 Å². The Morgan fingerprint density at radius 1 is 1.15 bits per heavy atom. The fourth-order valence-corrected chi connectivity index (χ4v) is 3.20. The van der Waals surface area contributed by atoms with Gasteiger partial charge in [-0.05, 0) is 18.9 Å². The molecular weight excluding hydrogens is 334 g/mol. The van der Waals surface area contributed by atoms with Gasteiger partial charge >= 0.3 is 0 Å². The van der Waals surface area contributed by atoms with Gasteiger partial charge in [-0.15, -0.1) is 0 Å². The first-order valence-electron chi connectivity index (χ1n) is 8.47. The topological polar surface area (TPSA) is 96.2 Å². The number of nitrogens with one attached hydrogen (secondary N) is 1. The van der Waals surface area contributed by atoms with Crippen LogP contribution >= 0.6 is 0 Å². The molecule has 0 radical (unpaired) electrons. The van der Waals surface area contributed by atoms with E-state index in [1.165, 1.54) is 0 Å². The largest absolute Gasteiger partial charge is 0.356 e. The Morgan fingerprint density at radius 2 is 1.81 bits per heavy atom. The van der Waals surface area contributed by atoms with Crippen LogP contribution < -0.4 is 5.32 Å². The number of aryl methyl sites for hydroxylation is 1. The van der Waals surface area contributed by atoms with E-state index < -0.39 is 5.54 Å². The van der Waals surface area contributed by atoms with E-state index in [0.717, 1.165) is 5.82 Å². The summed E-state index contributed by atoms with van der Waals surface area (Å²) in [7, 11) is 5.30. The van der Waals surface area contributed by atoms with E-state index in [1.54, 1.807) is 53.2 Å². The molecule has 0 aromatic carbocycles. The molecule has 1 N–H and O–H groups in total. The van der Waals surface area contributed by atoms with Gasteiger partial charge in [0.1, 0.15) is 11.4 Å². The van der Waals surface area contributed by atoms with E-state index in [1.807, 2.05) is 13.1 Å². The van der Waals surface area contributed by atoms with Crippen molar-refractivity contribution in [3.63, 3.8) is 0 Å². The van der Waals surface area contributed by atoms with Crippen molar-refractivity contribution in [2.45, 2.75) is 18.4 Å². The van der Waals surface area contributed by atoms with Crippen LogP contribution in [-0.4, -0.2) is 74.1 Å². The zero-order chi connectivity index (χ0) is 18.7. The number of likely N-dealkylation sites (N-methyl/N-ethyl adjacent to an activating group) is 1. The molecule has 26 heavy (non-hydrogen) atoms. The molecule has 1 saturated heterocycles. The van der Waals surface area contributed by atoms with Gasteiger partial charge in [0.25, 0.3) is 5.91 Å². The maximum Gasteiger partial charge on any atom is 0.291 e. The van der Waals surface area contributed by atoms with Gasteiger partial charge in [-0.3, -0.25) is 14.3 Å². The Balaban J connectivity index is 1.78. The third-order valence-electron chi connectivity index (χ3n) is 4.67. The first kappa shape index (κ1) is 17.8. The Kier molecular flexibility index (Phi) is 4.88. The van der Waals surface area contributed by atoms with Gasteiger partial charge in [0.15, 0.2) is 0 Å². The molecule has 3 rings (SSSR count). The van der Waals surface area contributed by atoms with Crippen molar-refractivity contribution in [1.29, 1.82) is 0 Å². The highest BCUT2D eigenvalue weighted by Crippen LogP contribution is 2.29. The normalized spacial score (nSPS) is 16.2. The lowest BCUT2D eigenvalue weighted by molar-refractivity contribution is -0.135. The lowest BCUT2D eigenvalue weighted by Gasteiger charge is -2.42. The van der Waals surface area contributed by atoms with Crippen molar-refractivity contribution < 1.29 is 9.59 Å². The van der Waals surface area contributed by atoms with Crippen molar-refractivity contribution >= 4 is 17.6 Å². The van der Waals surface area contributed by atoms with Crippen LogP contribution in [0.15, 0.2) is 30.7 Å². The molecule has 2 aromatic rings. The molecule has 0 saturated carbocycles. The summed E-state index contributed by atoms with van der Waals surface area (Å²) in [5, 5.41) is 7.51. The van der Waals surface area contributed by atoms with Crippen molar-refractivity contribution in [3.8, 4) is 0 Å². The number of nitrogens with zero attached hydrogens (tertiary/aromatic N) is 6. The maximum absolute atomic E-state index is 12.9. The molecule has 0 aliphatic carbocycles. The van der Waals surface area contributed by atoms with Gasteiger partial charge in [0, 0.05) is 52.7 Å². The second-order valence-corrected chi connectivity index (χ2v) is 6.61. The van der Waals surface area contributed by atoms with Crippen molar-refractivity contribution in [1.82, 2.24) is 29.5 Å². The summed E-state index contributed by atoms with van der Waals surface area (Å²) in [6, 6.07) is 3.51. The molecule has 3 heterocycles. The van der Waals surface area contributed by atoms with Gasteiger partial charge in [-0.1, -0.05) is 0 Å². The molecule has 9 heteroatoms. The van der Waals surface area contributed by atoms with Crippen molar-refractivity contribution in [3.05, 3.63) is 36.5 Å². The van der Waals surface area contributed by atoms with Crippen LogP contribution in [0, 0.1) is 0 Å². The summed E-state index contributed by atoms with van der Waals surface area (Å²) in [5.74, 6) is 0.726. The third-order valence-corrected chi connectivity index (χ3v) is 4.67. The highest BCUT2D eigenvalue weighted by atomic mass is 16.2. The average molecular weight is 357 g/mol. The molecule has 1 fully saturated rings. The van der Waals surface area contributed by atoms with E-state index in [9.17, 15) is 9.59 Å². The smallest absolute Gasteiger partial charge is 0.291 e. The van der Waals surface area contributed by atoms with Crippen LogP contribution in [-0.2, 0) is 11.8 Å². The molecule has 0 spiro atoms. The number of likely N-dealkylation sites (tertiary alicyclic amines) is 1. The summed E-state index contributed by atoms with van der Waals surface area (Å²) in [6.45, 7) is 0.892. The van der Waals surface area contributed by atoms with Gasteiger partial charge in [-0.25, -0.2) is 9.97 Å². The Morgan fingerprint density at radius 3 is 2.35 bits per heavy atom. The molecule has 138 valence electrons. The minimum absolute atomic E-state index is 0.0123. The van der Waals surface area contributed by atoms with Crippen molar-refractivity contribution in [2.24, 2.45) is 7.05 Å². The fraction of sp³-hybridized carbons (Fsp3) is 0.471. The average Bonchev–Trinajstić information content (AvgIpc) is 3.06. The van der Waals surface area contributed by atoms with E-state index in [4.69, 9.17) is 0 Å². The molecule has 2 amide bonds. The number of amides is 2. The molecule has 0 unspecified atom stereocenters. The number of anilines is 1. The summed E-state index contributed by atoms with van der Waals surface area (Å²) >= 11 is 0. The van der Waals surface area contributed by atoms with Gasteiger partial charge in [0.05, 0.1) is 6.20 Å². The lowest BCUT2D eigenvalue weighted by Crippen LogP contribution is -2.59. The van der Waals surface area contributed by atoms with Crippen LogP contribution in [0.25, 0.3) is 0 Å². The monoisotopic (exact) mass is 357 g/mol. The van der Waals surface area contributed by atoms with E-state index in [2.05, 4.69) is 20.4 Å². The zero-order valence-electron chi connectivity index (χ0n) is 15.2. The number of piperidine rings is 1. The van der Waals surface area contributed by atoms with Crippen LogP contribution in [0.3, 0.4) is 0 Å². The molecule has 1 aliphatic rings. The first-order chi connectivity index (χ1) is 12.4. The summed E-state index contributed by atoms with van der Waals surface area (Å²) in [4.78, 5) is 36.8. The predicted molar refractivity (Wildman–Crippen MR) is 95.4 cm³/mol. The third kappa shape index (κ3) is 3.37. The Bertz CT molecular complexity index is 779. The first-order valence-corrected chi connectivity index (χ1v) is 8.47. The number of rotatable bonds is 4. The maximum atomic E-state index is 12.9. The SMILES string of the molecule is CN(C)C(=O)C1(Nc2ccnn2C)CCN(C(=O)c2ncccn2)CC1. The number of carbonyl (C=O) groups excluding carboxylic acids is 2. The number of hydrogen-bond donors (Lipinski definition) is 1. The molecular formula is C17H23N7O2. The minimum Gasteiger partial charge on any atom is -0.356 e.